The number of hydrogen-bond acceptors (Lipinski definition) is 5. The van der Waals surface area contributed by atoms with Crippen LogP contribution in [0.3, 0.4) is 0 Å². The summed E-state index contributed by atoms with van der Waals surface area (Å²) >= 11 is 0. The Morgan fingerprint density at radius 2 is 1.88 bits per heavy atom. The number of nitrogens with one attached hydrogen (secondary N) is 1. The van der Waals surface area contributed by atoms with Gasteiger partial charge in [0.2, 0.25) is 5.76 Å². The Bertz CT molecular complexity index is 992. The van der Waals surface area contributed by atoms with Gasteiger partial charge in [0.15, 0.2) is 0 Å². The molecule has 0 saturated heterocycles. The lowest BCUT2D eigenvalue weighted by Crippen LogP contribution is -2.22. The van der Waals surface area contributed by atoms with E-state index in [1.165, 1.54) is 6.33 Å². The van der Waals surface area contributed by atoms with Crippen molar-refractivity contribution in [2.75, 3.05) is 0 Å². The summed E-state index contributed by atoms with van der Waals surface area (Å²) in [4.78, 5) is 16.2. The first kappa shape index (κ1) is 15.8. The molecule has 7 nitrogen and oxygen atoms in total. The third-order valence-electron chi connectivity index (χ3n) is 3.88. The molecule has 0 aliphatic carbocycles. The zero-order valence-corrected chi connectivity index (χ0v) is 13.7. The predicted molar refractivity (Wildman–Crippen MR) is 94.5 cm³/mol. The fourth-order valence-corrected chi connectivity index (χ4v) is 2.50. The van der Waals surface area contributed by atoms with Gasteiger partial charge >= 0.3 is 0 Å². The molecule has 128 valence electrons. The molecule has 0 spiro atoms. The molecular weight excluding hydrogens is 330 g/mol. The van der Waals surface area contributed by atoms with Crippen LogP contribution in [0.5, 0.6) is 0 Å². The maximum Gasteiger partial charge on any atom is 0.290 e. The van der Waals surface area contributed by atoms with Crippen molar-refractivity contribution in [2.45, 2.75) is 6.54 Å². The van der Waals surface area contributed by atoms with Gasteiger partial charge in [-0.05, 0) is 17.7 Å². The minimum Gasteiger partial charge on any atom is -0.350 e. The van der Waals surface area contributed by atoms with Gasteiger partial charge in [-0.2, -0.15) is 5.10 Å². The van der Waals surface area contributed by atoms with Gasteiger partial charge in [0.25, 0.3) is 5.91 Å². The second kappa shape index (κ2) is 7.02. The molecule has 0 atom stereocenters. The number of carbonyl (C=O) groups excluding carboxylic acids is 1. The molecule has 4 aromatic rings. The van der Waals surface area contributed by atoms with Crippen LogP contribution >= 0.6 is 0 Å². The van der Waals surface area contributed by atoms with E-state index in [2.05, 4.69) is 20.6 Å². The average Bonchev–Trinajstić information content (AvgIpc) is 3.39. The molecule has 0 bridgehead atoms. The summed E-state index contributed by atoms with van der Waals surface area (Å²) in [6, 6.07) is 18.9. The smallest absolute Gasteiger partial charge is 0.290 e. The lowest BCUT2D eigenvalue weighted by atomic mass is 10.1. The van der Waals surface area contributed by atoms with E-state index >= 15 is 0 Å². The normalized spacial score (nSPS) is 10.6. The third kappa shape index (κ3) is 3.36. The van der Waals surface area contributed by atoms with Crippen molar-refractivity contribution in [3.05, 3.63) is 84.6 Å². The quantitative estimate of drug-likeness (QED) is 0.601. The number of benzene rings is 2. The molecule has 1 amide bonds. The standard InChI is InChI=1S/C19H15N5O2/c25-19(18-10-17(23-26-18)15-4-2-1-3-5-15)21-11-14-6-8-16(9-7-14)24-13-20-12-22-24/h1-10,12-13H,11H2,(H,21,25). The predicted octanol–water partition coefficient (Wildman–Crippen LogP) is 2.85. The zero-order valence-electron chi connectivity index (χ0n) is 13.7. The first-order valence-electron chi connectivity index (χ1n) is 8.04. The molecule has 2 aromatic heterocycles. The van der Waals surface area contributed by atoms with Crippen LogP contribution in [0.1, 0.15) is 16.1 Å². The number of amides is 1. The second-order valence-electron chi connectivity index (χ2n) is 5.63. The largest absolute Gasteiger partial charge is 0.350 e. The van der Waals surface area contributed by atoms with Gasteiger partial charge < -0.3 is 9.84 Å². The van der Waals surface area contributed by atoms with Crippen molar-refractivity contribution < 1.29 is 9.32 Å². The lowest BCUT2D eigenvalue weighted by Gasteiger charge is -2.05. The second-order valence-corrected chi connectivity index (χ2v) is 5.63. The molecule has 4 rings (SSSR count). The van der Waals surface area contributed by atoms with Crippen LogP contribution in [-0.4, -0.2) is 25.8 Å². The fraction of sp³-hybridized carbons (Fsp3) is 0.0526. The number of hydrogen-bond donors (Lipinski definition) is 1. The fourth-order valence-electron chi connectivity index (χ4n) is 2.50. The Balaban J connectivity index is 1.39. The number of aromatic nitrogens is 4. The van der Waals surface area contributed by atoms with E-state index in [-0.39, 0.29) is 11.7 Å². The van der Waals surface area contributed by atoms with Gasteiger partial charge in [-0.3, -0.25) is 4.79 Å². The minimum absolute atomic E-state index is 0.183. The third-order valence-corrected chi connectivity index (χ3v) is 3.88. The van der Waals surface area contributed by atoms with Gasteiger partial charge in [0, 0.05) is 18.2 Å². The van der Waals surface area contributed by atoms with Crippen LogP contribution in [-0.2, 0) is 6.54 Å². The summed E-state index contributed by atoms with van der Waals surface area (Å²) in [6.07, 6.45) is 3.11. The first-order chi connectivity index (χ1) is 12.8. The molecule has 7 heteroatoms. The number of rotatable bonds is 5. The minimum atomic E-state index is -0.306. The van der Waals surface area contributed by atoms with Gasteiger partial charge in [0.1, 0.15) is 18.3 Å². The molecule has 26 heavy (non-hydrogen) atoms. The Kier molecular flexibility index (Phi) is 4.26. The van der Waals surface area contributed by atoms with Gasteiger partial charge in [-0.15, -0.1) is 0 Å². The highest BCUT2D eigenvalue weighted by molar-refractivity contribution is 5.92. The number of nitrogens with zero attached hydrogens (tertiary/aromatic N) is 4. The molecule has 2 heterocycles. The van der Waals surface area contributed by atoms with E-state index in [1.54, 1.807) is 17.1 Å². The molecule has 0 fully saturated rings. The maximum absolute atomic E-state index is 12.2. The maximum atomic E-state index is 12.2. The van der Waals surface area contributed by atoms with Gasteiger partial charge in [-0.1, -0.05) is 47.6 Å². The molecule has 0 saturated carbocycles. The molecular formula is C19H15N5O2. The van der Waals surface area contributed by atoms with Crippen LogP contribution in [0.25, 0.3) is 16.9 Å². The number of carbonyl (C=O) groups is 1. The topological polar surface area (TPSA) is 85.8 Å². The van der Waals surface area contributed by atoms with Crippen LogP contribution in [0.4, 0.5) is 0 Å². The van der Waals surface area contributed by atoms with Crippen molar-refractivity contribution in [1.82, 2.24) is 25.2 Å². The lowest BCUT2D eigenvalue weighted by molar-refractivity contribution is 0.0914. The van der Waals surface area contributed by atoms with Crippen molar-refractivity contribution in [3.63, 3.8) is 0 Å². The highest BCUT2D eigenvalue weighted by Crippen LogP contribution is 2.18. The van der Waals surface area contributed by atoms with Crippen LogP contribution in [0.2, 0.25) is 0 Å². The van der Waals surface area contributed by atoms with E-state index in [0.29, 0.717) is 12.2 Å². The summed E-state index contributed by atoms with van der Waals surface area (Å²) in [5, 5.41) is 10.9. The van der Waals surface area contributed by atoms with Crippen molar-refractivity contribution in [2.24, 2.45) is 0 Å². The van der Waals surface area contributed by atoms with E-state index in [9.17, 15) is 4.79 Å². The van der Waals surface area contributed by atoms with E-state index < -0.39 is 0 Å². The van der Waals surface area contributed by atoms with Crippen LogP contribution in [0, 0.1) is 0 Å². The first-order valence-corrected chi connectivity index (χ1v) is 8.04. The Morgan fingerprint density at radius 3 is 2.62 bits per heavy atom. The Labute approximate surface area is 149 Å². The van der Waals surface area contributed by atoms with Crippen molar-refractivity contribution >= 4 is 5.91 Å². The van der Waals surface area contributed by atoms with E-state index in [4.69, 9.17) is 4.52 Å². The molecule has 2 aromatic carbocycles. The monoisotopic (exact) mass is 345 g/mol. The van der Waals surface area contributed by atoms with Gasteiger partial charge in [-0.25, -0.2) is 9.67 Å². The van der Waals surface area contributed by atoms with Crippen molar-refractivity contribution in [1.29, 1.82) is 0 Å². The highest BCUT2D eigenvalue weighted by Gasteiger charge is 2.13. The summed E-state index contributed by atoms with van der Waals surface area (Å²) < 4.78 is 6.83. The van der Waals surface area contributed by atoms with Crippen LogP contribution in [0.15, 0.2) is 77.8 Å². The Hall–Kier alpha value is -3.74. The molecule has 1 N–H and O–H groups in total. The zero-order chi connectivity index (χ0) is 17.8. The van der Waals surface area contributed by atoms with Crippen LogP contribution < -0.4 is 5.32 Å². The molecule has 0 aliphatic rings. The van der Waals surface area contributed by atoms with Gasteiger partial charge in [0.05, 0.1) is 5.69 Å². The summed E-state index contributed by atoms with van der Waals surface area (Å²) in [5.41, 5.74) is 3.40. The highest BCUT2D eigenvalue weighted by atomic mass is 16.5. The SMILES string of the molecule is O=C(NCc1ccc(-n2cncn2)cc1)c1cc(-c2ccccc2)no1. The summed E-state index contributed by atoms with van der Waals surface area (Å²) in [7, 11) is 0. The Morgan fingerprint density at radius 1 is 1.08 bits per heavy atom. The molecule has 0 aliphatic heterocycles. The molecule has 0 unspecified atom stereocenters. The average molecular weight is 345 g/mol. The summed E-state index contributed by atoms with van der Waals surface area (Å²) in [5.74, 6) is -0.122. The van der Waals surface area contributed by atoms with E-state index in [1.807, 2.05) is 54.6 Å². The van der Waals surface area contributed by atoms with E-state index in [0.717, 1.165) is 16.8 Å². The van der Waals surface area contributed by atoms with Crippen molar-refractivity contribution in [3.8, 4) is 16.9 Å². The molecule has 0 radical (unpaired) electrons. The summed E-state index contributed by atoms with van der Waals surface area (Å²) in [6.45, 7) is 0.387.